The molecule has 1 atom stereocenters. The zero-order valence-electron chi connectivity index (χ0n) is 10.2. The maximum atomic E-state index is 12.0. The Morgan fingerprint density at radius 3 is 2.45 bits per heavy atom. The predicted molar refractivity (Wildman–Crippen MR) is 74.5 cm³/mol. The van der Waals surface area contributed by atoms with Crippen molar-refractivity contribution in [2.24, 2.45) is 0 Å². The number of carbonyl (C=O) groups is 3. The van der Waals surface area contributed by atoms with E-state index in [-0.39, 0.29) is 40.0 Å². The number of carbonyl (C=O) groups excluding carboxylic acids is 3. The Hall–Kier alpha value is -1.79. The summed E-state index contributed by atoms with van der Waals surface area (Å²) in [5, 5.41) is 4.99. The van der Waals surface area contributed by atoms with Crippen molar-refractivity contribution in [2.75, 3.05) is 5.73 Å². The van der Waals surface area contributed by atoms with Crippen LogP contribution in [0.25, 0.3) is 0 Å². The fourth-order valence-corrected chi connectivity index (χ4v) is 2.28. The fourth-order valence-electron chi connectivity index (χ4n) is 1.79. The van der Waals surface area contributed by atoms with Gasteiger partial charge in [0.2, 0.25) is 11.8 Å². The van der Waals surface area contributed by atoms with Crippen LogP contribution in [0.2, 0.25) is 10.0 Å². The summed E-state index contributed by atoms with van der Waals surface area (Å²) in [4.78, 5) is 34.6. The first-order valence-electron chi connectivity index (χ1n) is 5.77. The number of hydrogen-bond acceptors (Lipinski definition) is 4. The minimum absolute atomic E-state index is 0.158. The number of nitrogen functional groups attached to an aromatic ring is 1. The molecule has 0 bridgehead atoms. The molecule has 1 saturated heterocycles. The third kappa shape index (κ3) is 3.02. The quantitative estimate of drug-likeness (QED) is 0.562. The molecule has 0 radical (unpaired) electrons. The highest BCUT2D eigenvalue weighted by molar-refractivity contribution is 6.39. The van der Waals surface area contributed by atoms with Gasteiger partial charge in [0, 0.05) is 12.0 Å². The van der Waals surface area contributed by atoms with Gasteiger partial charge in [0.25, 0.3) is 5.91 Å². The number of piperidine rings is 1. The van der Waals surface area contributed by atoms with Crippen molar-refractivity contribution in [3.63, 3.8) is 0 Å². The van der Waals surface area contributed by atoms with Crippen LogP contribution in [0.15, 0.2) is 12.1 Å². The van der Waals surface area contributed by atoms with Gasteiger partial charge in [0.05, 0.1) is 15.7 Å². The number of rotatable bonds is 2. The maximum absolute atomic E-state index is 12.0. The van der Waals surface area contributed by atoms with Crippen LogP contribution in [0.4, 0.5) is 5.69 Å². The molecular formula is C12H11Cl2N3O3. The molecule has 6 nitrogen and oxygen atoms in total. The minimum Gasteiger partial charge on any atom is -0.396 e. The van der Waals surface area contributed by atoms with E-state index in [1.165, 1.54) is 12.1 Å². The first-order valence-corrected chi connectivity index (χ1v) is 6.53. The van der Waals surface area contributed by atoms with Gasteiger partial charge in [-0.1, -0.05) is 23.2 Å². The topological polar surface area (TPSA) is 101 Å². The van der Waals surface area contributed by atoms with Gasteiger partial charge < -0.3 is 11.1 Å². The summed E-state index contributed by atoms with van der Waals surface area (Å²) in [6.45, 7) is 0. The van der Waals surface area contributed by atoms with E-state index >= 15 is 0 Å². The number of anilines is 1. The second kappa shape index (κ2) is 5.68. The van der Waals surface area contributed by atoms with Crippen molar-refractivity contribution in [3.05, 3.63) is 27.7 Å². The molecule has 1 unspecified atom stereocenters. The smallest absolute Gasteiger partial charge is 0.252 e. The molecule has 20 heavy (non-hydrogen) atoms. The molecule has 1 aromatic rings. The lowest BCUT2D eigenvalue weighted by atomic mass is 10.1. The number of halogens is 2. The molecule has 1 aliphatic rings. The van der Waals surface area contributed by atoms with E-state index in [0.29, 0.717) is 0 Å². The second-order valence-corrected chi connectivity index (χ2v) is 5.15. The predicted octanol–water partition coefficient (Wildman–Crippen LogP) is 1.11. The molecule has 2 rings (SSSR count). The molecular weight excluding hydrogens is 305 g/mol. The van der Waals surface area contributed by atoms with Crippen molar-refractivity contribution >= 4 is 46.6 Å². The highest BCUT2D eigenvalue weighted by atomic mass is 35.5. The summed E-state index contributed by atoms with van der Waals surface area (Å²) in [5.41, 5.74) is 5.95. The van der Waals surface area contributed by atoms with Gasteiger partial charge in [-0.05, 0) is 18.6 Å². The van der Waals surface area contributed by atoms with Crippen molar-refractivity contribution in [2.45, 2.75) is 18.9 Å². The Labute approximate surface area is 124 Å². The van der Waals surface area contributed by atoms with Crippen LogP contribution < -0.4 is 16.4 Å². The largest absolute Gasteiger partial charge is 0.396 e. The number of imide groups is 1. The van der Waals surface area contributed by atoms with Gasteiger partial charge in [0.1, 0.15) is 6.04 Å². The van der Waals surface area contributed by atoms with E-state index in [4.69, 9.17) is 28.9 Å². The Morgan fingerprint density at radius 2 is 1.90 bits per heavy atom. The Kier molecular flexibility index (Phi) is 4.15. The molecule has 106 valence electrons. The standard InChI is InChI=1S/C12H11Cl2N3O3/c13-6-3-5(4-7(14)10(6)15)11(19)16-8-1-2-9(18)17-12(8)20/h3-4,8H,1-2,15H2,(H,16,19)(H,17,18,20). The lowest BCUT2D eigenvalue weighted by Crippen LogP contribution is -2.52. The van der Waals surface area contributed by atoms with Crippen molar-refractivity contribution in [1.82, 2.24) is 10.6 Å². The zero-order valence-corrected chi connectivity index (χ0v) is 11.7. The molecule has 3 amide bonds. The van der Waals surface area contributed by atoms with Crippen molar-refractivity contribution < 1.29 is 14.4 Å². The van der Waals surface area contributed by atoms with Gasteiger partial charge in [-0.3, -0.25) is 19.7 Å². The fraction of sp³-hybridized carbons (Fsp3) is 0.250. The summed E-state index contributed by atoms with van der Waals surface area (Å²) in [5.74, 6) is -1.38. The molecule has 1 fully saturated rings. The highest BCUT2D eigenvalue weighted by Gasteiger charge is 2.28. The van der Waals surface area contributed by atoms with E-state index in [2.05, 4.69) is 10.6 Å². The Balaban J connectivity index is 2.13. The van der Waals surface area contributed by atoms with E-state index in [0.717, 1.165) is 0 Å². The number of hydrogen-bond donors (Lipinski definition) is 3. The number of nitrogens with one attached hydrogen (secondary N) is 2. The van der Waals surface area contributed by atoms with Crippen LogP contribution in [-0.4, -0.2) is 23.8 Å². The van der Waals surface area contributed by atoms with Gasteiger partial charge in [-0.25, -0.2) is 0 Å². The SMILES string of the molecule is Nc1c(Cl)cc(C(=O)NC2CCC(=O)NC2=O)cc1Cl. The zero-order chi connectivity index (χ0) is 14.9. The third-order valence-electron chi connectivity index (χ3n) is 2.89. The Bertz CT molecular complexity index is 581. The number of benzene rings is 1. The molecule has 0 aliphatic carbocycles. The first kappa shape index (κ1) is 14.6. The lowest BCUT2D eigenvalue weighted by molar-refractivity contribution is -0.134. The summed E-state index contributed by atoms with van der Waals surface area (Å²) < 4.78 is 0. The Morgan fingerprint density at radius 1 is 1.30 bits per heavy atom. The van der Waals surface area contributed by atoms with Crippen molar-refractivity contribution in [1.29, 1.82) is 0 Å². The average Bonchev–Trinajstić information content (AvgIpc) is 2.38. The molecule has 8 heteroatoms. The van der Waals surface area contributed by atoms with E-state index < -0.39 is 17.9 Å². The maximum Gasteiger partial charge on any atom is 0.252 e. The second-order valence-electron chi connectivity index (χ2n) is 4.33. The molecule has 0 aromatic heterocycles. The van der Waals surface area contributed by atoms with Gasteiger partial charge in [0.15, 0.2) is 0 Å². The number of nitrogens with two attached hydrogens (primary N) is 1. The van der Waals surface area contributed by atoms with E-state index in [1.807, 2.05) is 0 Å². The van der Waals surface area contributed by atoms with Crippen LogP contribution in [0, 0.1) is 0 Å². The molecule has 4 N–H and O–H groups in total. The molecule has 1 aliphatic heterocycles. The third-order valence-corrected chi connectivity index (χ3v) is 3.51. The summed E-state index contributed by atoms with van der Waals surface area (Å²) in [6.07, 6.45) is 0.437. The average molecular weight is 316 g/mol. The monoisotopic (exact) mass is 315 g/mol. The van der Waals surface area contributed by atoms with Crippen LogP contribution in [0.3, 0.4) is 0 Å². The van der Waals surface area contributed by atoms with Crippen LogP contribution in [-0.2, 0) is 9.59 Å². The van der Waals surface area contributed by atoms with Crippen molar-refractivity contribution in [3.8, 4) is 0 Å². The normalized spacial score (nSPS) is 18.6. The summed E-state index contributed by atoms with van der Waals surface area (Å²) in [7, 11) is 0. The van der Waals surface area contributed by atoms with Gasteiger partial charge in [-0.2, -0.15) is 0 Å². The molecule has 1 heterocycles. The number of amides is 3. The lowest BCUT2D eigenvalue weighted by Gasteiger charge is -2.21. The summed E-state index contributed by atoms with van der Waals surface area (Å²) >= 11 is 11.7. The molecule has 0 spiro atoms. The first-order chi connectivity index (χ1) is 9.38. The van der Waals surface area contributed by atoms with Gasteiger partial charge in [-0.15, -0.1) is 0 Å². The van der Waals surface area contributed by atoms with Gasteiger partial charge >= 0.3 is 0 Å². The summed E-state index contributed by atoms with van der Waals surface area (Å²) in [6, 6.07) is 1.98. The van der Waals surface area contributed by atoms with E-state index in [9.17, 15) is 14.4 Å². The van der Waals surface area contributed by atoms with E-state index in [1.54, 1.807) is 0 Å². The van der Waals surface area contributed by atoms with Crippen LogP contribution in [0.1, 0.15) is 23.2 Å². The highest BCUT2D eigenvalue weighted by Crippen LogP contribution is 2.28. The van der Waals surface area contributed by atoms with Crippen LogP contribution in [0.5, 0.6) is 0 Å². The van der Waals surface area contributed by atoms with Crippen LogP contribution >= 0.6 is 23.2 Å². The molecule has 1 aromatic carbocycles. The molecule has 0 saturated carbocycles. The minimum atomic E-state index is -0.754.